The molecule has 1 fully saturated rings. The van der Waals surface area contributed by atoms with Gasteiger partial charge in [0.1, 0.15) is 18.9 Å². The Kier molecular flexibility index (Phi) is 13.9. The van der Waals surface area contributed by atoms with Crippen molar-refractivity contribution in [1.29, 1.82) is 0 Å². The van der Waals surface area contributed by atoms with E-state index in [1.54, 1.807) is 28.4 Å². The zero-order chi connectivity index (χ0) is 39.4. The van der Waals surface area contributed by atoms with E-state index < -0.39 is 12.2 Å². The number of benzene rings is 3. The summed E-state index contributed by atoms with van der Waals surface area (Å²) in [5.41, 5.74) is 5.82. The summed E-state index contributed by atoms with van der Waals surface area (Å²) in [6.07, 6.45) is 5.94. The fraction of sp³-hybridized carbons (Fsp3) is 0.350. The van der Waals surface area contributed by atoms with Crippen molar-refractivity contribution in [2.45, 2.75) is 26.3 Å². The van der Waals surface area contributed by atoms with Gasteiger partial charge < -0.3 is 40.2 Å². The van der Waals surface area contributed by atoms with Crippen LogP contribution in [0.15, 0.2) is 78.1 Å². The number of thiol groups is 1. The van der Waals surface area contributed by atoms with Gasteiger partial charge in [-0.15, -0.1) is 0 Å². The molecule has 5 rings (SSSR count). The van der Waals surface area contributed by atoms with Crippen LogP contribution in [0.4, 0.5) is 9.59 Å². The smallest absolute Gasteiger partial charge is 0.407 e. The molecule has 4 aromatic rings. The molecule has 1 saturated carbocycles. The third kappa shape index (κ3) is 11.3. The molecule has 55 heavy (non-hydrogen) atoms. The van der Waals surface area contributed by atoms with Gasteiger partial charge in [0.2, 0.25) is 11.8 Å². The molecule has 0 spiro atoms. The van der Waals surface area contributed by atoms with Crippen molar-refractivity contribution in [2.24, 2.45) is 10.4 Å². The number of aromatic amines is 1. The predicted octanol–water partition coefficient (Wildman–Crippen LogP) is 5.08. The van der Waals surface area contributed by atoms with Gasteiger partial charge in [-0.1, -0.05) is 55.5 Å². The van der Waals surface area contributed by atoms with Crippen LogP contribution in [0.5, 0.6) is 0 Å². The molecule has 0 aliphatic heterocycles. The summed E-state index contributed by atoms with van der Waals surface area (Å²) in [4.78, 5) is 64.0. The highest BCUT2D eigenvalue weighted by atomic mass is 32.1. The van der Waals surface area contributed by atoms with E-state index in [1.807, 2.05) is 19.2 Å². The van der Waals surface area contributed by atoms with E-state index in [1.165, 1.54) is 14.2 Å². The van der Waals surface area contributed by atoms with Crippen molar-refractivity contribution in [1.82, 2.24) is 35.7 Å². The number of ether oxygens (including phenoxy) is 2. The van der Waals surface area contributed by atoms with Gasteiger partial charge in [0.05, 0.1) is 51.1 Å². The van der Waals surface area contributed by atoms with Crippen molar-refractivity contribution in [2.75, 3.05) is 59.7 Å². The molecule has 0 unspecified atom stereocenters. The Morgan fingerprint density at radius 1 is 0.891 bits per heavy atom. The standard InChI is InChI=1S/C40H48N8O6S/c1-40(13-14-40)26-48(37(50)24-45-39(52)54-4)25-35-43-22-34(46-35)32-12-11-30-19-29(9-10-31(30)20-32)27-5-7-28(8-6-27)33(41-2)21-42-15-16-47(17-18-55)36(49)23-44-38(51)53-3/h5-12,15,19-22,41,55H,13-14,16-18,23-26H2,1-4H3,(H,43,46)(H,44,51)(H,45,52)/b33-21-,42-15?. The molecule has 0 bridgehead atoms. The Labute approximate surface area is 326 Å². The number of aliphatic imine (C=N–C) groups is 1. The maximum absolute atomic E-state index is 13.0. The van der Waals surface area contributed by atoms with Gasteiger partial charge in [-0.25, -0.2) is 14.6 Å². The molecule has 290 valence electrons. The number of fused-ring (bicyclic) bond motifs is 1. The molecular formula is C40H48N8O6S. The SMILES string of the molecule is CN/C(=C\N=CCN(CCS)C(=O)CNC(=O)OC)c1ccc(-c2ccc3cc(-c4cnc(CN(CC5(C)CC5)C(=O)CNC(=O)OC)[nH]4)ccc3c2)cc1. The second-order valence-electron chi connectivity index (χ2n) is 13.5. The summed E-state index contributed by atoms with van der Waals surface area (Å²) in [5.74, 6) is 0.684. The van der Waals surface area contributed by atoms with Crippen LogP contribution in [-0.4, -0.2) is 110 Å². The van der Waals surface area contributed by atoms with Crippen LogP contribution in [0.2, 0.25) is 0 Å². The van der Waals surface area contributed by atoms with Gasteiger partial charge in [-0.3, -0.25) is 14.6 Å². The second-order valence-corrected chi connectivity index (χ2v) is 14.0. The molecule has 15 heteroatoms. The molecule has 3 aromatic carbocycles. The molecular weight excluding hydrogens is 721 g/mol. The van der Waals surface area contributed by atoms with E-state index in [2.05, 4.69) is 108 Å². The molecule has 4 amide bonds. The monoisotopic (exact) mass is 768 g/mol. The van der Waals surface area contributed by atoms with Gasteiger partial charge in [0, 0.05) is 37.7 Å². The van der Waals surface area contributed by atoms with Crippen molar-refractivity contribution < 1.29 is 28.7 Å². The number of hydrogen-bond donors (Lipinski definition) is 5. The van der Waals surface area contributed by atoms with E-state index in [0.29, 0.717) is 31.2 Å². The summed E-state index contributed by atoms with van der Waals surface area (Å²) in [6.45, 7) is 3.42. The predicted molar refractivity (Wildman–Crippen MR) is 217 cm³/mol. The van der Waals surface area contributed by atoms with Gasteiger partial charge in [0.25, 0.3) is 0 Å². The van der Waals surface area contributed by atoms with E-state index >= 15 is 0 Å². The molecule has 4 N–H and O–H groups in total. The Morgan fingerprint density at radius 3 is 2.09 bits per heavy atom. The minimum Gasteiger partial charge on any atom is -0.453 e. The molecule has 0 radical (unpaired) electrons. The lowest BCUT2D eigenvalue weighted by atomic mass is 9.98. The summed E-state index contributed by atoms with van der Waals surface area (Å²) in [5, 5.41) is 10.2. The highest BCUT2D eigenvalue weighted by Crippen LogP contribution is 2.45. The summed E-state index contributed by atoms with van der Waals surface area (Å²) in [7, 11) is 4.33. The Hall–Kier alpha value is -5.83. The average molecular weight is 769 g/mol. The van der Waals surface area contributed by atoms with Crippen molar-refractivity contribution in [3.05, 3.63) is 84.4 Å². The minimum absolute atomic E-state index is 0.0891. The molecule has 1 heterocycles. The number of hydrogen-bond acceptors (Lipinski definition) is 10. The molecule has 1 aliphatic carbocycles. The number of nitrogens with zero attached hydrogens (tertiary/aromatic N) is 4. The number of methoxy groups -OCH3 is 2. The first-order valence-electron chi connectivity index (χ1n) is 17.9. The first kappa shape index (κ1) is 40.4. The fourth-order valence-corrected chi connectivity index (χ4v) is 6.17. The van der Waals surface area contributed by atoms with E-state index in [9.17, 15) is 19.2 Å². The number of alkyl carbamates (subject to hydrolysis) is 2. The van der Waals surface area contributed by atoms with Gasteiger partial charge >= 0.3 is 12.2 Å². The van der Waals surface area contributed by atoms with Crippen molar-refractivity contribution in [3.63, 3.8) is 0 Å². The van der Waals surface area contributed by atoms with E-state index in [-0.39, 0.29) is 36.9 Å². The summed E-state index contributed by atoms with van der Waals surface area (Å²) in [6, 6.07) is 20.8. The average Bonchev–Trinajstić information content (AvgIpc) is 3.75. The largest absolute Gasteiger partial charge is 0.453 e. The quantitative estimate of drug-likeness (QED) is 0.0732. The van der Waals surface area contributed by atoms with Crippen molar-refractivity contribution >= 4 is 59.3 Å². The van der Waals surface area contributed by atoms with Crippen LogP contribution in [0.25, 0.3) is 38.9 Å². The fourth-order valence-electron chi connectivity index (χ4n) is 5.93. The van der Waals surface area contributed by atoms with E-state index in [0.717, 1.165) is 57.3 Å². The number of carbonyl (C=O) groups is 4. The number of carbonyl (C=O) groups excluding carboxylic acids is 4. The number of imidazole rings is 1. The van der Waals surface area contributed by atoms with Gasteiger partial charge in [-0.05, 0) is 57.9 Å². The second kappa shape index (κ2) is 19.0. The number of rotatable bonds is 17. The maximum Gasteiger partial charge on any atom is 0.407 e. The molecule has 0 atom stereocenters. The van der Waals surface area contributed by atoms with E-state index in [4.69, 9.17) is 0 Å². The zero-order valence-corrected chi connectivity index (χ0v) is 32.4. The molecule has 14 nitrogen and oxygen atoms in total. The van der Waals surface area contributed by atoms with Crippen LogP contribution in [0.1, 0.15) is 31.2 Å². The topological polar surface area (TPSA) is 170 Å². The molecule has 1 aliphatic rings. The number of nitrogens with one attached hydrogen (secondary N) is 4. The number of H-pyrrole nitrogens is 1. The van der Waals surface area contributed by atoms with Crippen LogP contribution in [-0.2, 0) is 25.6 Å². The lowest BCUT2D eigenvalue weighted by molar-refractivity contribution is -0.131. The Morgan fingerprint density at radius 2 is 1.49 bits per heavy atom. The third-order valence-corrected chi connectivity index (χ3v) is 9.62. The third-order valence-electron chi connectivity index (χ3n) is 9.42. The normalized spacial score (nSPS) is 13.3. The molecule has 1 aromatic heterocycles. The lowest BCUT2D eigenvalue weighted by Crippen LogP contribution is -2.42. The van der Waals surface area contributed by atoms with Crippen LogP contribution in [0.3, 0.4) is 0 Å². The van der Waals surface area contributed by atoms with Crippen LogP contribution in [0, 0.1) is 5.41 Å². The Balaban J connectivity index is 1.22. The first-order valence-corrected chi connectivity index (χ1v) is 18.6. The van der Waals surface area contributed by atoms with Gasteiger partial charge in [0.15, 0.2) is 0 Å². The summed E-state index contributed by atoms with van der Waals surface area (Å²) < 4.78 is 9.14. The van der Waals surface area contributed by atoms with Gasteiger partial charge in [-0.2, -0.15) is 12.6 Å². The van der Waals surface area contributed by atoms with Crippen LogP contribution < -0.4 is 16.0 Å². The highest BCUT2D eigenvalue weighted by molar-refractivity contribution is 7.80. The number of aromatic nitrogens is 2. The van der Waals surface area contributed by atoms with Crippen molar-refractivity contribution in [3.8, 4) is 22.4 Å². The minimum atomic E-state index is -0.667. The van der Waals surface area contributed by atoms with Crippen LogP contribution >= 0.6 is 12.6 Å². The number of amides is 4. The summed E-state index contributed by atoms with van der Waals surface area (Å²) >= 11 is 4.23. The zero-order valence-electron chi connectivity index (χ0n) is 31.6. The Bertz CT molecular complexity index is 2040. The first-order chi connectivity index (χ1) is 26.5. The lowest BCUT2D eigenvalue weighted by Gasteiger charge is -2.25. The molecule has 0 saturated heterocycles. The maximum atomic E-state index is 13.0. The highest BCUT2D eigenvalue weighted by Gasteiger charge is 2.40.